The fourth-order valence-corrected chi connectivity index (χ4v) is 2.87. The van der Waals surface area contributed by atoms with Crippen LogP contribution in [-0.4, -0.2) is 27.5 Å². The standard InChI is InChI=1S/C19H24N2O4S/c1-14(2)16-4-3-5-17(12-16)25-13-19(22)21-11-10-15-6-8-18(9-7-15)26(20,23)24/h3-9,12,14H,10-11,13H2,1-2H3,(H,21,22)(H2,20,23,24). The Hall–Kier alpha value is -2.38. The first-order chi connectivity index (χ1) is 12.3. The summed E-state index contributed by atoms with van der Waals surface area (Å²) in [5.41, 5.74) is 2.06. The lowest BCUT2D eigenvalue weighted by molar-refractivity contribution is -0.123. The summed E-state index contributed by atoms with van der Waals surface area (Å²) in [6, 6.07) is 14.0. The number of carbonyl (C=O) groups is 1. The van der Waals surface area contributed by atoms with Crippen molar-refractivity contribution in [3.63, 3.8) is 0 Å². The molecule has 0 saturated carbocycles. The van der Waals surface area contributed by atoms with Crippen LogP contribution in [0.3, 0.4) is 0 Å². The molecule has 0 radical (unpaired) electrons. The predicted octanol–water partition coefficient (Wildman–Crippen LogP) is 2.20. The molecule has 0 fully saturated rings. The summed E-state index contributed by atoms with van der Waals surface area (Å²) in [5.74, 6) is 0.860. The van der Waals surface area contributed by atoms with E-state index in [4.69, 9.17) is 9.88 Å². The molecule has 1 amide bonds. The maximum absolute atomic E-state index is 11.9. The number of amides is 1. The molecule has 0 aliphatic rings. The number of nitrogens with two attached hydrogens (primary N) is 1. The normalized spacial score (nSPS) is 11.4. The quantitative estimate of drug-likeness (QED) is 0.738. The maximum Gasteiger partial charge on any atom is 0.257 e. The number of carbonyl (C=O) groups excluding carboxylic acids is 1. The molecular weight excluding hydrogens is 352 g/mol. The van der Waals surface area contributed by atoms with Crippen molar-refractivity contribution in [2.45, 2.75) is 31.1 Å². The second kappa shape index (κ2) is 8.82. The first-order valence-electron chi connectivity index (χ1n) is 8.37. The third-order valence-electron chi connectivity index (χ3n) is 3.88. The number of benzene rings is 2. The van der Waals surface area contributed by atoms with Crippen LogP contribution in [0.2, 0.25) is 0 Å². The minimum atomic E-state index is -3.68. The summed E-state index contributed by atoms with van der Waals surface area (Å²) in [4.78, 5) is 12.0. The zero-order chi connectivity index (χ0) is 19.2. The van der Waals surface area contributed by atoms with Crippen LogP contribution in [0.15, 0.2) is 53.4 Å². The van der Waals surface area contributed by atoms with E-state index in [0.717, 1.165) is 11.1 Å². The van der Waals surface area contributed by atoms with Gasteiger partial charge >= 0.3 is 0 Å². The van der Waals surface area contributed by atoms with Crippen molar-refractivity contribution in [3.8, 4) is 5.75 Å². The van der Waals surface area contributed by atoms with Gasteiger partial charge < -0.3 is 10.1 Å². The Morgan fingerprint density at radius 2 is 1.85 bits per heavy atom. The summed E-state index contributed by atoms with van der Waals surface area (Å²) in [5, 5.41) is 7.83. The number of hydrogen-bond acceptors (Lipinski definition) is 4. The van der Waals surface area contributed by atoms with Crippen LogP contribution in [0, 0.1) is 0 Å². The number of nitrogens with one attached hydrogen (secondary N) is 1. The zero-order valence-electron chi connectivity index (χ0n) is 14.9. The van der Waals surface area contributed by atoms with Gasteiger partial charge in [-0.3, -0.25) is 4.79 Å². The molecule has 26 heavy (non-hydrogen) atoms. The maximum atomic E-state index is 11.9. The number of rotatable bonds is 8. The summed E-state index contributed by atoms with van der Waals surface area (Å²) >= 11 is 0. The topological polar surface area (TPSA) is 98.5 Å². The molecule has 2 aromatic rings. The molecule has 7 heteroatoms. The number of primary sulfonamides is 1. The summed E-state index contributed by atoms with van der Waals surface area (Å²) < 4.78 is 27.9. The fraction of sp³-hybridized carbons (Fsp3) is 0.316. The van der Waals surface area contributed by atoms with Gasteiger partial charge in [0.25, 0.3) is 5.91 Å². The SMILES string of the molecule is CC(C)c1cccc(OCC(=O)NCCc2ccc(S(N)(=O)=O)cc2)c1. The van der Waals surface area contributed by atoms with Crippen LogP contribution in [0.1, 0.15) is 30.9 Å². The Kier molecular flexibility index (Phi) is 6.76. The third kappa shape index (κ3) is 6.16. The van der Waals surface area contributed by atoms with Gasteiger partial charge in [0.1, 0.15) is 5.75 Å². The van der Waals surface area contributed by atoms with E-state index in [2.05, 4.69) is 19.2 Å². The van der Waals surface area contributed by atoms with Gasteiger partial charge in [0.2, 0.25) is 10.0 Å². The van der Waals surface area contributed by atoms with E-state index in [1.54, 1.807) is 12.1 Å². The molecule has 0 atom stereocenters. The Morgan fingerprint density at radius 3 is 2.46 bits per heavy atom. The molecule has 2 aromatic carbocycles. The van der Waals surface area contributed by atoms with Gasteiger partial charge in [-0.15, -0.1) is 0 Å². The average Bonchev–Trinajstić information content (AvgIpc) is 2.60. The predicted molar refractivity (Wildman–Crippen MR) is 101 cm³/mol. The molecular formula is C19H24N2O4S. The second-order valence-electron chi connectivity index (χ2n) is 6.30. The molecule has 0 aliphatic carbocycles. The van der Waals surface area contributed by atoms with E-state index in [1.807, 2.05) is 24.3 Å². The minimum Gasteiger partial charge on any atom is -0.484 e. The smallest absolute Gasteiger partial charge is 0.257 e. The molecule has 140 valence electrons. The average molecular weight is 376 g/mol. The van der Waals surface area contributed by atoms with Crippen LogP contribution < -0.4 is 15.2 Å². The first-order valence-corrected chi connectivity index (χ1v) is 9.91. The highest BCUT2D eigenvalue weighted by atomic mass is 32.2. The van der Waals surface area contributed by atoms with Crippen LogP contribution in [0.5, 0.6) is 5.75 Å². The Balaban J connectivity index is 1.76. The van der Waals surface area contributed by atoms with Crippen LogP contribution in [-0.2, 0) is 21.2 Å². The van der Waals surface area contributed by atoms with E-state index >= 15 is 0 Å². The van der Waals surface area contributed by atoms with Gasteiger partial charge in [0.05, 0.1) is 4.90 Å². The van der Waals surface area contributed by atoms with Crippen LogP contribution >= 0.6 is 0 Å². The summed E-state index contributed by atoms with van der Waals surface area (Å²) in [7, 11) is -3.68. The van der Waals surface area contributed by atoms with E-state index in [0.29, 0.717) is 24.6 Å². The Labute approximate surface area is 154 Å². The lowest BCUT2D eigenvalue weighted by Gasteiger charge is -2.10. The zero-order valence-corrected chi connectivity index (χ0v) is 15.8. The minimum absolute atomic E-state index is 0.0497. The summed E-state index contributed by atoms with van der Waals surface area (Å²) in [6.45, 7) is 4.58. The van der Waals surface area contributed by atoms with Crippen molar-refractivity contribution in [3.05, 3.63) is 59.7 Å². The van der Waals surface area contributed by atoms with E-state index in [1.165, 1.54) is 12.1 Å². The third-order valence-corrected chi connectivity index (χ3v) is 4.81. The van der Waals surface area contributed by atoms with Gasteiger partial charge in [-0.2, -0.15) is 0 Å². The van der Waals surface area contributed by atoms with E-state index in [9.17, 15) is 13.2 Å². The van der Waals surface area contributed by atoms with Gasteiger partial charge in [-0.05, 0) is 47.7 Å². The highest BCUT2D eigenvalue weighted by Crippen LogP contribution is 2.19. The van der Waals surface area contributed by atoms with Crippen molar-refractivity contribution >= 4 is 15.9 Å². The monoisotopic (exact) mass is 376 g/mol. The van der Waals surface area contributed by atoms with Gasteiger partial charge in [0.15, 0.2) is 6.61 Å². The molecule has 2 rings (SSSR count). The Morgan fingerprint density at radius 1 is 1.15 bits per heavy atom. The van der Waals surface area contributed by atoms with Crippen molar-refractivity contribution in [1.29, 1.82) is 0 Å². The van der Waals surface area contributed by atoms with Crippen molar-refractivity contribution < 1.29 is 17.9 Å². The molecule has 0 aromatic heterocycles. The number of sulfonamides is 1. The Bertz CT molecular complexity index is 846. The first kappa shape index (κ1) is 19.9. The van der Waals surface area contributed by atoms with E-state index in [-0.39, 0.29) is 17.4 Å². The van der Waals surface area contributed by atoms with Crippen LogP contribution in [0.25, 0.3) is 0 Å². The van der Waals surface area contributed by atoms with Crippen LogP contribution in [0.4, 0.5) is 0 Å². The molecule has 0 saturated heterocycles. The molecule has 3 N–H and O–H groups in total. The molecule has 0 spiro atoms. The van der Waals surface area contributed by atoms with E-state index < -0.39 is 10.0 Å². The number of ether oxygens (including phenoxy) is 1. The molecule has 0 aliphatic heterocycles. The van der Waals surface area contributed by atoms with Crippen molar-refractivity contribution in [2.75, 3.05) is 13.2 Å². The molecule has 0 bridgehead atoms. The number of hydrogen-bond donors (Lipinski definition) is 2. The van der Waals surface area contributed by atoms with Crippen molar-refractivity contribution in [2.24, 2.45) is 5.14 Å². The largest absolute Gasteiger partial charge is 0.484 e. The lowest BCUT2D eigenvalue weighted by Crippen LogP contribution is -2.30. The highest BCUT2D eigenvalue weighted by Gasteiger charge is 2.07. The molecule has 0 unspecified atom stereocenters. The highest BCUT2D eigenvalue weighted by molar-refractivity contribution is 7.89. The summed E-state index contributed by atoms with van der Waals surface area (Å²) in [6.07, 6.45) is 0.583. The fourth-order valence-electron chi connectivity index (χ4n) is 2.36. The molecule has 6 nitrogen and oxygen atoms in total. The van der Waals surface area contributed by atoms with Gasteiger partial charge in [-0.25, -0.2) is 13.6 Å². The van der Waals surface area contributed by atoms with Crippen molar-refractivity contribution in [1.82, 2.24) is 5.32 Å². The van der Waals surface area contributed by atoms with Gasteiger partial charge in [0, 0.05) is 6.54 Å². The van der Waals surface area contributed by atoms with Gasteiger partial charge in [-0.1, -0.05) is 38.1 Å². The second-order valence-corrected chi connectivity index (χ2v) is 7.87. The molecule has 0 heterocycles. The lowest BCUT2D eigenvalue weighted by atomic mass is 10.0.